The van der Waals surface area contributed by atoms with Gasteiger partial charge in [0.1, 0.15) is 12.4 Å². The van der Waals surface area contributed by atoms with Crippen molar-refractivity contribution < 1.29 is 14.3 Å². The average Bonchev–Trinajstić information content (AvgIpc) is 2.54. The highest BCUT2D eigenvalue weighted by Gasteiger charge is 2.03. The van der Waals surface area contributed by atoms with Crippen LogP contribution in [0.1, 0.15) is 11.1 Å². The Bertz CT molecular complexity index is 649. The van der Waals surface area contributed by atoms with Crippen molar-refractivity contribution in [1.82, 2.24) is 0 Å². The Morgan fingerprint density at radius 1 is 0.958 bits per heavy atom. The minimum Gasteiger partial charge on any atom is -0.491 e. The van der Waals surface area contributed by atoms with Crippen molar-refractivity contribution in [2.75, 3.05) is 37.5 Å². The number of hydrogen-bond donors (Lipinski definition) is 2. The van der Waals surface area contributed by atoms with Crippen LogP contribution in [0.4, 0.5) is 11.4 Å². The molecule has 2 N–H and O–H groups in total. The van der Waals surface area contributed by atoms with Crippen LogP contribution in [0.2, 0.25) is 0 Å². The normalized spacial score (nSPS) is 10.3. The number of benzene rings is 2. The molecule has 24 heavy (non-hydrogen) atoms. The maximum atomic E-state index is 12.0. The quantitative estimate of drug-likeness (QED) is 0.729. The van der Waals surface area contributed by atoms with Gasteiger partial charge in [0.2, 0.25) is 5.91 Å². The zero-order valence-corrected chi connectivity index (χ0v) is 14.4. The summed E-state index contributed by atoms with van der Waals surface area (Å²) in [5, 5.41) is 6.00. The second-order valence-corrected chi connectivity index (χ2v) is 5.64. The molecule has 0 atom stereocenters. The van der Waals surface area contributed by atoms with Crippen LogP contribution in [0.5, 0.6) is 5.75 Å². The monoisotopic (exact) mass is 328 g/mol. The van der Waals surface area contributed by atoms with Gasteiger partial charge in [0.05, 0.1) is 13.2 Å². The molecule has 1 amide bonds. The van der Waals surface area contributed by atoms with Gasteiger partial charge in [-0.05, 0) is 61.4 Å². The van der Waals surface area contributed by atoms with Crippen LogP contribution in [0.15, 0.2) is 42.5 Å². The molecule has 0 aliphatic rings. The van der Waals surface area contributed by atoms with E-state index in [-0.39, 0.29) is 12.5 Å². The lowest BCUT2D eigenvalue weighted by Crippen LogP contribution is -2.21. The first-order chi connectivity index (χ1) is 11.6. The van der Waals surface area contributed by atoms with Gasteiger partial charge in [-0.1, -0.05) is 6.07 Å². The largest absolute Gasteiger partial charge is 0.491 e. The molecule has 0 unspecified atom stereocenters. The molecule has 0 aliphatic carbocycles. The first-order valence-corrected chi connectivity index (χ1v) is 7.90. The van der Waals surface area contributed by atoms with E-state index in [9.17, 15) is 4.79 Å². The van der Waals surface area contributed by atoms with Crippen LogP contribution >= 0.6 is 0 Å². The highest BCUT2D eigenvalue weighted by molar-refractivity contribution is 5.93. The number of amides is 1. The lowest BCUT2D eigenvalue weighted by Gasteiger charge is -2.10. The topological polar surface area (TPSA) is 59.6 Å². The third-order valence-corrected chi connectivity index (χ3v) is 3.37. The van der Waals surface area contributed by atoms with Crippen LogP contribution in [-0.4, -0.2) is 32.8 Å². The Balaban J connectivity index is 1.81. The summed E-state index contributed by atoms with van der Waals surface area (Å²) in [5.74, 6) is 0.653. The van der Waals surface area contributed by atoms with E-state index in [1.807, 2.05) is 50.2 Å². The van der Waals surface area contributed by atoms with Crippen LogP contribution in [0.25, 0.3) is 0 Å². The van der Waals surface area contributed by atoms with Crippen LogP contribution < -0.4 is 15.4 Å². The van der Waals surface area contributed by atoms with E-state index in [2.05, 4.69) is 16.7 Å². The Hall–Kier alpha value is -2.53. The fraction of sp³-hybridized carbons (Fsp3) is 0.316. The zero-order valence-electron chi connectivity index (χ0n) is 14.4. The van der Waals surface area contributed by atoms with Crippen molar-refractivity contribution in [3.8, 4) is 5.75 Å². The van der Waals surface area contributed by atoms with E-state index < -0.39 is 0 Å². The van der Waals surface area contributed by atoms with E-state index in [1.54, 1.807) is 7.11 Å². The summed E-state index contributed by atoms with van der Waals surface area (Å²) in [6.07, 6.45) is 0. The number of aryl methyl sites for hydroxylation is 2. The summed E-state index contributed by atoms with van der Waals surface area (Å²) >= 11 is 0. The number of hydrogen-bond acceptors (Lipinski definition) is 4. The molecule has 128 valence electrons. The van der Waals surface area contributed by atoms with E-state index in [4.69, 9.17) is 9.47 Å². The third-order valence-electron chi connectivity index (χ3n) is 3.37. The molecule has 0 saturated carbocycles. The fourth-order valence-electron chi connectivity index (χ4n) is 2.34. The second kappa shape index (κ2) is 8.93. The van der Waals surface area contributed by atoms with Crippen LogP contribution in [-0.2, 0) is 9.53 Å². The molecule has 2 rings (SSSR count). The van der Waals surface area contributed by atoms with Crippen molar-refractivity contribution in [2.24, 2.45) is 0 Å². The minimum atomic E-state index is -0.0952. The molecule has 2 aromatic rings. The summed E-state index contributed by atoms with van der Waals surface area (Å²) in [6, 6.07) is 13.4. The van der Waals surface area contributed by atoms with E-state index in [1.165, 1.54) is 11.1 Å². The van der Waals surface area contributed by atoms with Gasteiger partial charge in [-0.15, -0.1) is 0 Å². The Morgan fingerprint density at radius 2 is 1.62 bits per heavy atom. The number of anilines is 2. The average molecular weight is 328 g/mol. The van der Waals surface area contributed by atoms with Gasteiger partial charge in [-0.3, -0.25) is 4.79 Å². The first-order valence-electron chi connectivity index (χ1n) is 7.90. The summed E-state index contributed by atoms with van der Waals surface area (Å²) in [5.41, 5.74) is 4.02. The highest BCUT2D eigenvalue weighted by Crippen LogP contribution is 2.16. The number of rotatable bonds is 8. The predicted molar refractivity (Wildman–Crippen MR) is 96.8 cm³/mol. The van der Waals surface area contributed by atoms with Crippen molar-refractivity contribution in [1.29, 1.82) is 0 Å². The molecular weight excluding hydrogens is 304 g/mol. The fourth-order valence-corrected chi connectivity index (χ4v) is 2.34. The number of nitrogens with one attached hydrogen (secondary N) is 2. The molecule has 5 heteroatoms. The lowest BCUT2D eigenvalue weighted by molar-refractivity contribution is -0.114. The maximum absolute atomic E-state index is 12.0. The Labute approximate surface area is 143 Å². The third kappa shape index (κ3) is 5.93. The summed E-state index contributed by atoms with van der Waals surface area (Å²) in [7, 11) is 1.63. The highest BCUT2D eigenvalue weighted by atomic mass is 16.5. The van der Waals surface area contributed by atoms with Crippen LogP contribution in [0.3, 0.4) is 0 Å². The molecule has 0 radical (unpaired) electrons. The molecule has 0 bridgehead atoms. The SMILES string of the molecule is COCCOc1ccc(NC(=O)CNc2cc(C)cc(C)c2)cc1. The maximum Gasteiger partial charge on any atom is 0.243 e. The summed E-state index contributed by atoms with van der Waals surface area (Å²) < 4.78 is 10.4. The molecule has 0 aromatic heterocycles. The smallest absolute Gasteiger partial charge is 0.243 e. The number of carbonyl (C=O) groups excluding carboxylic acids is 1. The van der Waals surface area contributed by atoms with Crippen molar-refractivity contribution in [2.45, 2.75) is 13.8 Å². The predicted octanol–water partition coefficient (Wildman–Crippen LogP) is 3.38. The Morgan fingerprint density at radius 3 is 2.25 bits per heavy atom. The Kier molecular flexibility index (Phi) is 6.63. The van der Waals surface area contributed by atoms with Crippen molar-refractivity contribution >= 4 is 17.3 Å². The van der Waals surface area contributed by atoms with Gasteiger partial charge in [0.15, 0.2) is 0 Å². The van der Waals surface area contributed by atoms with E-state index in [0.29, 0.717) is 13.2 Å². The van der Waals surface area contributed by atoms with Crippen LogP contribution in [0, 0.1) is 13.8 Å². The van der Waals surface area contributed by atoms with Gasteiger partial charge in [0, 0.05) is 18.5 Å². The molecule has 0 fully saturated rings. The molecule has 0 spiro atoms. The molecule has 2 aromatic carbocycles. The molecule has 5 nitrogen and oxygen atoms in total. The zero-order chi connectivity index (χ0) is 17.4. The molecule has 0 heterocycles. The van der Waals surface area contributed by atoms with Gasteiger partial charge in [0.25, 0.3) is 0 Å². The van der Waals surface area contributed by atoms with Gasteiger partial charge in [-0.2, -0.15) is 0 Å². The van der Waals surface area contributed by atoms with E-state index in [0.717, 1.165) is 17.1 Å². The standard InChI is InChI=1S/C19H24N2O3/c1-14-10-15(2)12-17(11-14)20-13-19(22)21-16-4-6-18(7-5-16)24-9-8-23-3/h4-7,10-12,20H,8-9,13H2,1-3H3,(H,21,22). The van der Waals surface area contributed by atoms with Gasteiger partial charge < -0.3 is 20.1 Å². The minimum absolute atomic E-state index is 0.0952. The van der Waals surface area contributed by atoms with Gasteiger partial charge in [-0.25, -0.2) is 0 Å². The number of methoxy groups -OCH3 is 1. The van der Waals surface area contributed by atoms with Crippen molar-refractivity contribution in [3.05, 3.63) is 53.6 Å². The summed E-state index contributed by atoms with van der Waals surface area (Å²) in [4.78, 5) is 12.0. The van der Waals surface area contributed by atoms with E-state index >= 15 is 0 Å². The first kappa shape index (κ1) is 17.8. The number of carbonyl (C=O) groups is 1. The molecular formula is C19H24N2O3. The second-order valence-electron chi connectivity index (χ2n) is 5.64. The molecule has 0 aliphatic heterocycles. The van der Waals surface area contributed by atoms with Crippen molar-refractivity contribution in [3.63, 3.8) is 0 Å². The van der Waals surface area contributed by atoms with Gasteiger partial charge >= 0.3 is 0 Å². The lowest BCUT2D eigenvalue weighted by atomic mass is 10.1. The summed E-state index contributed by atoms with van der Waals surface area (Å²) in [6.45, 7) is 5.34. The molecule has 0 saturated heterocycles. The number of ether oxygens (including phenoxy) is 2.